The summed E-state index contributed by atoms with van der Waals surface area (Å²) >= 11 is 0. The average Bonchev–Trinajstić information content (AvgIpc) is 3.36. The summed E-state index contributed by atoms with van der Waals surface area (Å²) in [6, 6.07) is 9.49. The lowest BCUT2D eigenvalue weighted by Crippen LogP contribution is -2.36. The summed E-state index contributed by atoms with van der Waals surface area (Å²) in [5.74, 6) is 0.430. The molecule has 0 saturated carbocycles. The third kappa shape index (κ3) is 2.81. The normalized spacial score (nSPS) is 14.9. The van der Waals surface area contributed by atoms with Gasteiger partial charge < -0.3 is 4.90 Å². The number of aromatic nitrogens is 4. The minimum absolute atomic E-state index is 0.0399. The quantitative estimate of drug-likeness (QED) is 0.786. The van der Waals surface area contributed by atoms with E-state index in [-0.39, 0.29) is 5.91 Å². The Hall–Kier alpha value is -2.89. The third-order valence-corrected chi connectivity index (χ3v) is 5.22. The molecule has 6 nitrogen and oxygen atoms in total. The van der Waals surface area contributed by atoms with Gasteiger partial charge >= 0.3 is 0 Å². The summed E-state index contributed by atoms with van der Waals surface area (Å²) in [7, 11) is 0. The van der Waals surface area contributed by atoms with Crippen LogP contribution in [0.5, 0.6) is 0 Å². The Morgan fingerprint density at radius 3 is 2.92 bits per heavy atom. The number of carbonyl (C=O) groups is 1. The molecule has 0 saturated heterocycles. The van der Waals surface area contributed by atoms with Crippen LogP contribution >= 0.6 is 0 Å². The summed E-state index contributed by atoms with van der Waals surface area (Å²) in [5, 5.41) is 12.0. The highest BCUT2D eigenvalue weighted by Crippen LogP contribution is 2.28. The number of hydrogen-bond acceptors (Lipinski definition) is 3. The second-order valence-electron chi connectivity index (χ2n) is 6.82. The van der Waals surface area contributed by atoms with Crippen LogP contribution in [0.15, 0.2) is 42.7 Å². The van der Waals surface area contributed by atoms with Crippen molar-refractivity contribution in [3.63, 3.8) is 0 Å². The predicted octanol–water partition coefficient (Wildman–Crippen LogP) is 3.31. The molecular formula is C20H23N5O. The van der Waals surface area contributed by atoms with Crippen LogP contribution in [0.25, 0.3) is 5.69 Å². The maximum absolute atomic E-state index is 13.3. The molecule has 3 heterocycles. The van der Waals surface area contributed by atoms with Crippen molar-refractivity contribution in [3.8, 4) is 5.69 Å². The van der Waals surface area contributed by atoms with Gasteiger partial charge in [-0.2, -0.15) is 10.2 Å². The summed E-state index contributed by atoms with van der Waals surface area (Å²) in [5.41, 5.74) is 4.94. The van der Waals surface area contributed by atoms with E-state index in [2.05, 4.69) is 29.1 Å². The predicted molar refractivity (Wildman–Crippen MR) is 99.3 cm³/mol. The van der Waals surface area contributed by atoms with Gasteiger partial charge in [-0.3, -0.25) is 9.89 Å². The Bertz CT molecular complexity index is 912. The Kier molecular flexibility index (Phi) is 4.32. The van der Waals surface area contributed by atoms with E-state index in [1.807, 2.05) is 41.4 Å². The van der Waals surface area contributed by atoms with Crippen LogP contribution in [-0.4, -0.2) is 37.3 Å². The van der Waals surface area contributed by atoms with Crippen molar-refractivity contribution in [3.05, 3.63) is 65.2 Å². The number of hydrogen-bond donors (Lipinski definition) is 1. The minimum atomic E-state index is 0.0399. The monoisotopic (exact) mass is 349 g/mol. The van der Waals surface area contributed by atoms with E-state index in [0.29, 0.717) is 24.6 Å². The molecule has 1 aromatic carbocycles. The summed E-state index contributed by atoms with van der Waals surface area (Å²) < 4.78 is 1.74. The standard InChI is InChI=1S/C20H23N5O/c1-3-14(2)19-16-13-24(12-9-17(16)22-23-19)20(26)15-7-4-5-8-18(15)25-11-6-10-21-25/h4-8,10-11,14H,3,9,12-13H2,1-2H3,(H,22,23)/t14-/m1/s1. The van der Waals surface area contributed by atoms with Crippen LogP contribution in [0.4, 0.5) is 0 Å². The first-order chi connectivity index (χ1) is 12.7. The van der Waals surface area contributed by atoms with E-state index < -0.39 is 0 Å². The molecule has 3 aromatic rings. The fourth-order valence-electron chi connectivity index (χ4n) is 3.53. The fourth-order valence-corrected chi connectivity index (χ4v) is 3.53. The second-order valence-corrected chi connectivity index (χ2v) is 6.82. The van der Waals surface area contributed by atoms with Crippen LogP contribution in [0, 0.1) is 0 Å². The van der Waals surface area contributed by atoms with Gasteiger partial charge in [0, 0.05) is 49.1 Å². The Morgan fingerprint density at radius 2 is 2.15 bits per heavy atom. The van der Waals surface area contributed by atoms with Gasteiger partial charge in [0.05, 0.1) is 16.9 Å². The van der Waals surface area contributed by atoms with Gasteiger partial charge in [-0.05, 0) is 24.6 Å². The van der Waals surface area contributed by atoms with Gasteiger partial charge in [-0.15, -0.1) is 0 Å². The number of H-pyrrole nitrogens is 1. The van der Waals surface area contributed by atoms with Crippen molar-refractivity contribution in [1.29, 1.82) is 0 Å². The molecular weight excluding hydrogens is 326 g/mol. The van der Waals surface area contributed by atoms with Gasteiger partial charge in [0.1, 0.15) is 0 Å². The number of fused-ring (bicyclic) bond motifs is 1. The van der Waals surface area contributed by atoms with Gasteiger partial charge in [0.15, 0.2) is 0 Å². The lowest BCUT2D eigenvalue weighted by molar-refractivity contribution is 0.0733. The van der Waals surface area contributed by atoms with Gasteiger partial charge in [0.2, 0.25) is 0 Å². The number of carbonyl (C=O) groups excluding carboxylic acids is 1. The van der Waals surface area contributed by atoms with Gasteiger partial charge in [-0.25, -0.2) is 4.68 Å². The van der Waals surface area contributed by atoms with Crippen LogP contribution < -0.4 is 0 Å². The summed E-state index contributed by atoms with van der Waals surface area (Å²) in [6.45, 7) is 5.65. The van der Waals surface area contributed by atoms with E-state index in [1.165, 1.54) is 11.3 Å². The highest BCUT2D eigenvalue weighted by Gasteiger charge is 2.28. The van der Waals surface area contributed by atoms with E-state index >= 15 is 0 Å². The van der Waals surface area contributed by atoms with E-state index in [1.54, 1.807) is 10.9 Å². The number of amides is 1. The molecule has 1 atom stereocenters. The molecule has 0 spiro atoms. The Labute approximate surface area is 152 Å². The molecule has 0 unspecified atom stereocenters. The third-order valence-electron chi connectivity index (χ3n) is 5.22. The zero-order valence-electron chi connectivity index (χ0n) is 15.1. The van der Waals surface area contributed by atoms with Crippen molar-refractivity contribution in [2.75, 3.05) is 6.54 Å². The number of rotatable bonds is 4. The molecule has 1 aliphatic rings. The SMILES string of the molecule is CC[C@@H](C)c1n[nH]c2c1CN(C(=O)c1ccccc1-n1cccn1)CC2. The molecule has 4 rings (SSSR count). The molecule has 1 aliphatic heterocycles. The van der Waals surface area contributed by atoms with Crippen LogP contribution in [0.1, 0.15) is 53.5 Å². The molecule has 0 bridgehead atoms. The first kappa shape index (κ1) is 16.6. The van der Waals surface area contributed by atoms with Gasteiger partial charge in [0.25, 0.3) is 5.91 Å². The molecule has 1 N–H and O–H groups in total. The highest BCUT2D eigenvalue weighted by molar-refractivity contribution is 5.97. The fraction of sp³-hybridized carbons (Fsp3) is 0.350. The van der Waals surface area contributed by atoms with Crippen molar-refractivity contribution in [2.45, 2.75) is 39.2 Å². The maximum Gasteiger partial charge on any atom is 0.256 e. The number of para-hydroxylation sites is 1. The maximum atomic E-state index is 13.3. The van der Waals surface area contributed by atoms with E-state index in [4.69, 9.17) is 0 Å². The lowest BCUT2D eigenvalue weighted by Gasteiger charge is -2.28. The highest BCUT2D eigenvalue weighted by atomic mass is 16.2. The van der Waals surface area contributed by atoms with Crippen molar-refractivity contribution in [2.24, 2.45) is 0 Å². The number of nitrogens with zero attached hydrogens (tertiary/aromatic N) is 4. The van der Waals surface area contributed by atoms with Crippen molar-refractivity contribution >= 4 is 5.91 Å². The molecule has 0 fully saturated rings. The largest absolute Gasteiger partial charge is 0.334 e. The number of nitrogens with one attached hydrogen (secondary N) is 1. The summed E-state index contributed by atoms with van der Waals surface area (Å²) in [6.07, 6.45) is 5.43. The molecule has 26 heavy (non-hydrogen) atoms. The van der Waals surface area contributed by atoms with Crippen LogP contribution in [0.2, 0.25) is 0 Å². The zero-order chi connectivity index (χ0) is 18.1. The van der Waals surface area contributed by atoms with Crippen LogP contribution in [-0.2, 0) is 13.0 Å². The smallest absolute Gasteiger partial charge is 0.256 e. The summed E-state index contributed by atoms with van der Waals surface area (Å²) in [4.78, 5) is 15.2. The molecule has 1 amide bonds. The van der Waals surface area contributed by atoms with Gasteiger partial charge in [-0.1, -0.05) is 26.0 Å². The average molecular weight is 349 g/mol. The Morgan fingerprint density at radius 1 is 1.31 bits per heavy atom. The minimum Gasteiger partial charge on any atom is -0.334 e. The molecule has 0 aliphatic carbocycles. The lowest BCUT2D eigenvalue weighted by atomic mass is 9.96. The zero-order valence-corrected chi connectivity index (χ0v) is 15.1. The molecule has 6 heteroatoms. The van der Waals surface area contributed by atoms with E-state index in [9.17, 15) is 4.79 Å². The van der Waals surface area contributed by atoms with Crippen molar-refractivity contribution < 1.29 is 4.79 Å². The molecule has 134 valence electrons. The Balaban J connectivity index is 1.64. The molecule has 2 aromatic heterocycles. The first-order valence-corrected chi connectivity index (χ1v) is 9.13. The first-order valence-electron chi connectivity index (χ1n) is 9.13. The van der Waals surface area contributed by atoms with E-state index in [0.717, 1.165) is 24.2 Å². The topological polar surface area (TPSA) is 66.8 Å². The number of benzene rings is 1. The van der Waals surface area contributed by atoms with Crippen molar-refractivity contribution in [1.82, 2.24) is 24.9 Å². The van der Waals surface area contributed by atoms with Crippen LogP contribution in [0.3, 0.4) is 0 Å². The molecule has 0 radical (unpaired) electrons. The second kappa shape index (κ2) is 6.78. The number of aromatic amines is 1.